The van der Waals surface area contributed by atoms with Crippen molar-refractivity contribution >= 4 is 17.5 Å². The summed E-state index contributed by atoms with van der Waals surface area (Å²) in [6.07, 6.45) is 6.18. The van der Waals surface area contributed by atoms with Crippen molar-refractivity contribution in [3.8, 4) is 0 Å². The first-order valence-electron chi connectivity index (χ1n) is 9.20. The second-order valence-corrected chi connectivity index (χ2v) is 7.16. The molecule has 2 fully saturated rings. The molecule has 0 bridgehead atoms. The minimum Gasteiger partial charge on any atom is -0.355 e. The van der Waals surface area contributed by atoms with Gasteiger partial charge >= 0.3 is 0 Å². The first-order chi connectivity index (χ1) is 12.6. The molecular formula is C18H25N7O. The van der Waals surface area contributed by atoms with Crippen LogP contribution >= 0.6 is 0 Å². The Kier molecular flexibility index (Phi) is 4.48. The fourth-order valence-electron chi connectivity index (χ4n) is 4.00. The van der Waals surface area contributed by atoms with Gasteiger partial charge in [-0.15, -0.1) is 10.2 Å². The summed E-state index contributed by atoms with van der Waals surface area (Å²) in [5.41, 5.74) is 0. The van der Waals surface area contributed by atoms with E-state index in [0.29, 0.717) is 6.54 Å². The maximum atomic E-state index is 11.6. The van der Waals surface area contributed by atoms with Crippen molar-refractivity contribution in [1.82, 2.24) is 25.1 Å². The van der Waals surface area contributed by atoms with E-state index in [2.05, 4.69) is 36.4 Å². The molecule has 4 rings (SSSR count). The normalized spacial score (nSPS) is 22.8. The number of nitrogens with one attached hydrogen (secondary N) is 1. The number of anilines is 2. The number of rotatable bonds is 4. The van der Waals surface area contributed by atoms with Crippen LogP contribution < -0.4 is 15.1 Å². The lowest BCUT2D eigenvalue weighted by molar-refractivity contribution is -0.119. The van der Waals surface area contributed by atoms with E-state index >= 15 is 0 Å². The summed E-state index contributed by atoms with van der Waals surface area (Å²) in [5, 5.41) is 11.9. The van der Waals surface area contributed by atoms with Crippen LogP contribution in [0.4, 0.5) is 11.6 Å². The molecule has 4 heterocycles. The number of aryl methyl sites for hydroxylation is 1. The fourth-order valence-corrected chi connectivity index (χ4v) is 4.00. The van der Waals surface area contributed by atoms with Crippen LogP contribution in [0.1, 0.15) is 31.5 Å². The lowest BCUT2D eigenvalue weighted by atomic mass is 10.0. The predicted molar refractivity (Wildman–Crippen MR) is 99.2 cm³/mol. The van der Waals surface area contributed by atoms with Gasteiger partial charge in [-0.05, 0) is 25.0 Å². The summed E-state index contributed by atoms with van der Waals surface area (Å²) >= 11 is 0. The Morgan fingerprint density at radius 2 is 1.81 bits per heavy atom. The molecule has 2 aliphatic rings. The maximum absolute atomic E-state index is 11.6. The molecule has 8 nitrogen and oxygen atoms in total. The number of hydrogen-bond acceptors (Lipinski definition) is 6. The standard InChI is InChI=1S/C18H25N7O/c1-13(26)20-15-12-25(11-14(15)18-19-7-10-23(18)2)17-6-5-16(21-22-17)24-8-3-4-9-24/h5-7,10,14-15H,3-4,8-9,11-12H2,1-2H3,(H,20,26)/t14-,15-/m1/s1. The van der Waals surface area contributed by atoms with Gasteiger partial charge in [0.05, 0.1) is 12.0 Å². The predicted octanol–water partition coefficient (Wildman–Crippen LogP) is 0.919. The van der Waals surface area contributed by atoms with E-state index in [-0.39, 0.29) is 17.9 Å². The second kappa shape index (κ2) is 6.93. The highest BCUT2D eigenvalue weighted by Crippen LogP contribution is 2.30. The molecule has 0 spiro atoms. The van der Waals surface area contributed by atoms with Gasteiger partial charge in [0.2, 0.25) is 5.91 Å². The molecule has 0 radical (unpaired) electrons. The van der Waals surface area contributed by atoms with Crippen molar-refractivity contribution < 1.29 is 4.79 Å². The van der Waals surface area contributed by atoms with Crippen LogP contribution in [0, 0.1) is 0 Å². The third-order valence-corrected chi connectivity index (χ3v) is 5.29. The van der Waals surface area contributed by atoms with E-state index < -0.39 is 0 Å². The van der Waals surface area contributed by atoms with Gasteiger partial charge in [-0.3, -0.25) is 4.79 Å². The molecule has 2 saturated heterocycles. The van der Waals surface area contributed by atoms with Gasteiger partial charge in [-0.2, -0.15) is 0 Å². The van der Waals surface area contributed by atoms with Gasteiger partial charge in [-0.1, -0.05) is 0 Å². The van der Waals surface area contributed by atoms with Crippen LogP contribution in [0.5, 0.6) is 0 Å². The van der Waals surface area contributed by atoms with Crippen molar-refractivity contribution in [2.24, 2.45) is 7.05 Å². The average Bonchev–Trinajstić information content (AvgIpc) is 3.35. The highest BCUT2D eigenvalue weighted by Gasteiger charge is 2.37. The monoisotopic (exact) mass is 355 g/mol. The minimum absolute atomic E-state index is 0.00802. The number of carbonyl (C=O) groups is 1. The van der Waals surface area contributed by atoms with E-state index in [0.717, 1.165) is 37.1 Å². The first kappa shape index (κ1) is 16.8. The molecule has 2 aliphatic heterocycles. The van der Waals surface area contributed by atoms with Crippen molar-refractivity contribution in [2.45, 2.75) is 31.7 Å². The summed E-state index contributed by atoms with van der Waals surface area (Å²) in [7, 11) is 1.99. The van der Waals surface area contributed by atoms with E-state index in [9.17, 15) is 4.79 Å². The summed E-state index contributed by atoms with van der Waals surface area (Å²) in [6.45, 7) is 5.14. The van der Waals surface area contributed by atoms with E-state index in [1.165, 1.54) is 12.8 Å². The Hall–Kier alpha value is -2.64. The Morgan fingerprint density at radius 3 is 2.38 bits per heavy atom. The van der Waals surface area contributed by atoms with Gasteiger partial charge in [-0.25, -0.2) is 4.98 Å². The molecule has 2 aromatic heterocycles. The van der Waals surface area contributed by atoms with Crippen LogP contribution in [-0.2, 0) is 11.8 Å². The van der Waals surface area contributed by atoms with Crippen molar-refractivity contribution in [3.05, 3.63) is 30.4 Å². The number of hydrogen-bond donors (Lipinski definition) is 1. The average molecular weight is 355 g/mol. The van der Waals surface area contributed by atoms with Gasteiger partial charge in [0.1, 0.15) is 5.82 Å². The molecule has 0 unspecified atom stereocenters. The highest BCUT2D eigenvalue weighted by molar-refractivity contribution is 5.73. The molecular weight excluding hydrogens is 330 g/mol. The summed E-state index contributed by atoms with van der Waals surface area (Å²) in [5.74, 6) is 2.88. The Bertz CT molecular complexity index is 766. The summed E-state index contributed by atoms with van der Waals surface area (Å²) < 4.78 is 2.02. The van der Waals surface area contributed by atoms with Crippen molar-refractivity contribution in [2.75, 3.05) is 36.0 Å². The van der Waals surface area contributed by atoms with Crippen LogP contribution in [0.2, 0.25) is 0 Å². The molecule has 0 saturated carbocycles. The Labute approximate surface area is 153 Å². The molecule has 2 atom stereocenters. The second-order valence-electron chi connectivity index (χ2n) is 7.16. The van der Waals surface area contributed by atoms with E-state index in [1.54, 1.807) is 13.1 Å². The lowest BCUT2D eigenvalue weighted by Crippen LogP contribution is -2.39. The molecule has 0 aliphatic carbocycles. The maximum Gasteiger partial charge on any atom is 0.217 e. The number of aromatic nitrogens is 4. The zero-order valence-corrected chi connectivity index (χ0v) is 15.3. The minimum atomic E-state index is -0.0217. The summed E-state index contributed by atoms with van der Waals surface area (Å²) in [6, 6.07) is 4.09. The largest absolute Gasteiger partial charge is 0.355 e. The van der Waals surface area contributed by atoms with Gasteiger partial charge < -0.3 is 19.7 Å². The van der Waals surface area contributed by atoms with E-state index in [1.807, 2.05) is 23.9 Å². The molecule has 0 aromatic carbocycles. The molecule has 26 heavy (non-hydrogen) atoms. The fraction of sp³-hybridized carbons (Fsp3) is 0.556. The summed E-state index contributed by atoms with van der Waals surface area (Å²) in [4.78, 5) is 20.6. The number of nitrogens with zero attached hydrogens (tertiary/aromatic N) is 6. The quantitative estimate of drug-likeness (QED) is 0.879. The number of carbonyl (C=O) groups excluding carboxylic acids is 1. The van der Waals surface area contributed by atoms with Crippen molar-refractivity contribution in [3.63, 3.8) is 0 Å². The molecule has 1 N–H and O–H groups in total. The number of imidazole rings is 1. The van der Waals surface area contributed by atoms with Gasteiger partial charge in [0, 0.05) is 52.5 Å². The molecule has 138 valence electrons. The first-order valence-corrected chi connectivity index (χ1v) is 9.20. The van der Waals surface area contributed by atoms with Crippen LogP contribution in [0.15, 0.2) is 24.5 Å². The molecule has 1 amide bonds. The topological polar surface area (TPSA) is 79.2 Å². The zero-order chi connectivity index (χ0) is 18.1. The van der Waals surface area contributed by atoms with Crippen LogP contribution in [0.3, 0.4) is 0 Å². The molecule has 8 heteroatoms. The van der Waals surface area contributed by atoms with Crippen molar-refractivity contribution in [1.29, 1.82) is 0 Å². The third kappa shape index (κ3) is 3.23. The zero-order valence-electron chi connectivity index (χ0n) is 15.3. The van der Waals surface area contributed by atoms with E-state index in [4.69, 9.17) is 0 Å². The van der Waals surface area contributed by atoms with Gasteiger partial charge in [0.25, 0.3) is 0 Å². The third-order valence-electron chi connectivity index (χ3n) is 5.29. The highest BCUT2D eigenvalue weighted by atomic mass is 16.1. The number of amides is 1. The van der Waals surface area contributed by atoms with Gasteiger partial charge in [0.15, 0.2) is 11.6 Å². The Morgan fingerprint density at radius 1 is 1.12 bits per heavy atom. The lowest BCUT2D eigenvalue weighted by Gasteiger charge is -2.19. The van der Waals surface area contributed by atoms with Crippen LogP contribution in [-0.4, -0.2) is 57.9 Å². The SMILES string of the molecule is CC(=O)N[C@@H]1CN(c2ccc(N3CCCC3)nn2)C[C@H]1c1nccn1C. The molecule has 2 aromatic rings. The Balaban J connectivity index is 1.53. The van der Waals surface area contributed by atoms with Crippen LogP contribution in [0.25, 0.3) is 0 Å². The smallest absolute Gasteiger partial charge is 0.217 e.